The minimum atomic E-state index is -0.546. The zero-order chi connectivity index (χ0) is 9.84. The first-order valence-electron chi connectivity index (χ1n) is 3.70. The molecular formula is C10H9FO2. The zero-order valence-electron chi connectivity index (χ0n) is 7.21. The fourth-order valence-corrected chi connectivity index (χ4v) is 1.02. The highest BCUT2D eigenvalue weighted by Crippen LogP contribution is 2.22. The van der Waals surface area contributed by atoms with Gasteiger partial charge in [-0.25, -0.2) is 4.39 Å². The van der Waals surface area contributed by atoms with E-state index in [1.165, 1.54) is 25.3 Å². The molecule has 0 unspecified atom stereocenters. The van der Waals surface area contributed by atoms with Crippen LogP contribution in [0.25, 0.3) is 0 Å². The van der Waals surface area contributed by atoms with E-state index < -0.39 is 5.82 Å². The second kappa shape index (κ2) is 3.85. The molecule has 2 nitrogen and oxygen atoms in total. The monoisotopic (exact) mass is 180 g/mol. The molecule has 0 spiro atoms. The maximum atomic E-state index is 13.0. The standard InChI is InChI=1S/C10H9FO2/c1-3-9(12)7-5-4-6-8(11)10(7)13-2/h3-6H,1H2,2H3. The van der Waals surface area contributed by atoms with Gasteiger partial charge in [0.05, 0.1) is 12.7 Å². The fraction of sp³-hybridized carbons (Fsp3) is 0.100. The molecule has 0 fully saturated rings. The summed E-state index contributed by atoms with van der Waals surface area (Å²) in [5.41, 5.74) is 0.192. The third-order valence-corrected chi connectivity index (χ3v) is 1.62. The van der Waals surface area contributed by atoms with Crippen LogP contribution in [0.1, 0.15) is 10.4 Å². The fourth-order valence-electron chi connectivity index (χ4n) is 1.02. The molecule has 0 N–H and O–H groups in total. The second-order valence-corrected chi connectivity index (χ2v) is 2.39. The largest absolute Gasteiger partial charge is 0.493 e. The van der Waals surface area contributed by atoms with Crippen LogP contribution >= 0.6 is 0 Å². The summed E-state index contributed by atoms with van der Waals surface area (Å²) in [6.45, 7) is 3.31. The number of halogens is 1. The van der Waals surface area contributed by atoms with Gasteiger partial charge in [0, 0.05) is 0 Å². The molecule has 0 aliphatic heterocycles. The van der Waals surface area contributed by atoms with Crippen molar-refractivity contribution >= 4 is 5.78 Å². The summed E-state index contributed by atoms with van der Waals surface area (Å²) < 4.78 is 17.8. The number of ketones is 1. The van der Waals surface area contributed by atoms with Crippen molar-refractivity contribution in [2.75, 3.05) is 7.11 Å². The van der Waals surface area contributed by atoms with Crippen molar-refractivity contribution < 1.29 is 13.9 Å². The van der Waals surface area contributed by atoms with Crippen LogP contribution in [-0.4, -0.2) is 12.9 Å². The maximum absolute atomic E-state index is 13.0. The van der Waals surface area contributed by atoms with Crippen LogP contribution in [0.5, 0.6) is 5.75 Å². The number of carbonyl (C=O) groups excluding carboxylic acids is 1. The van der Waals surface area contributed by atoms with Crippen molar-refractivity contribution in [3.63, 3.8) is 0 Å². The molecule has 68 valence electrons. The Morgan fingerprint density at radius 3 is 2.85 bits per heavy atom. The quantitative estimate of drug-likeness (QED) is 0.526. The molecule has 13 heavy (non-hydrogen) atoms. The molecule has 0 saturated carbocycles. The topological polar surface area (TPSA) is 26.3 Å². The minimum Gasteiger partial charge on any atom is -0.493 e. The highest BCUT2D eigenvalue weighted by atomic mass is 19.1. The van der Waals surface area contributed by atoms with E-state index in [1.807, 2.05) is 0 Å². The first-order chi connectivity index (χ1) is 6.20. The summed E-state index contributed by atoms with van der Waals surface area (Å²) in [4.78, 5) is 11.2. The lowest BCUT2D eigenvalue weighted by Crippen LogP contribution is -2.00. The third-order valence-electron chi connectivity index (χ3n) is 1.62. The van der Waals surface area contributed by atoms with Crippen molar-refractivity contribution in [3.05, 3.63) is 42.2 Å². The van der Waals surface area contributed by atoms with Gasteiger partial charge in [-0.1, -0.05) is 12.6 Å². The van der Waals surface area contributed by atoms with E-state index in [1.54, 1.807) is 0 Å². The number of ether oxygens (including phenoxy) is 1. The van der Waals surface area contributed by atoms with Gasteiger partial charge in [0.2, 0.25) is 0 Å². The number of rotatable bonds is 3. The van der Waals surface area contributed by atoms with Crippen molar-refractivity contribution in [2.24, 2.45) is 0 Å². The van der Waals surface area contributed by atoms with Gasteiger partial charge in [0.25, 0.3) is 0 Å². The van der Waals surface area contributed by atoms with Gasteiger partial charge < -0.3 is 4.74 Å². The van der Waals surface area contributed by atoms with Gasteiger partial charge in [-0.15, -0.1) is 0 Å². The Kier molecular flexibility index (Phi) is 2.80. The van der Waals surface area contributed by atoms with Gasteiger partial charge in [-0.3, -0.25) is 4.79 Å². The van der Waals surface area contributed by atoms with E-state index in [0.29, 0.717) is 0 Å². The number of benzene rings is 1. The molecule has 0 radical (unpaired) electrons. The lowest BCUT2D eigenvalue weighted by Gasteiger charge is -2.05. The van der Waals surface area contributed by atoms with Crippen LogP contribution in [0, 0.1) is 5.82 Å². The van der Waals surface area contributed by atoms with Crippen molar-refractivity contribution in [2.45, 2.75) is 0 Å². The molecule has 0 heterocycles. The summed E-state index contributed by atoms with van der Waals surface area (Å²) in [7, 11) is 1.32. The van der Waals surface area contributed by atoms with E-state index in [-0.39, 0.29) is 17.1 Å². The highest BCUT2D eigenvalue weighted by molar-refractivity contribution is 6.06. The Hall–Kier alpha value is -1.64. The zero-order valence-corrected chi connectivity index (χ0v) is 7.21. The average Bonchev–Trinajstić information content (AvgIpc) is 2.16. The molecule has 0 saturated heterocycles. The predicted octanol–water partition coefficient (Wildman–Crippen LogP) is 2.20. The van der Waals surface area contributed by atoms with E-state index >= 15 is 0 Å². The highest BCUT2D eigenvalue weighted by Gasteiger charge is 2.12. The van der Waals surface area contributed by atoms with Crippen LogP contribution in [0.3, 0.4) is 0 Å². The van der Waals surface area contributed by atoms with Crippen LogP contribution in [0.15, 0.2) is 30.9 Å². The molecule has 0 aliphatic carbocycles. The average molecular weight is 180 g/mol. The molecule has 0 atom stereocenters. The molecule has 0 aliphatic rings. The molecule has 3 heteroatoms. The summed E-state index contributed by atoms with van der Waals surface area (Å²) in [6, 6.07) is 4.18. The van der Waals surface area contributed by atoms with Gasteiger partial charge in [-0.2, -0.15) is 0 Å². The van der Waals surface area contributed by atoms with Gasteiger partial charge in [-0.05, 0) is 18.2 Å². The third kappa shape index (κ3) is 1.75. The second-order valence-electron chi connectivity index (χ2n) is 2.39. The SMILES string of the molecule is C=CC(=O)c1cccc(F)c1OC. The lowest BCUT2D eigenvalue weighted by molar-refractivity contribution is 0.104. The molecule has 1 rings (SSSR count). The smallest absolute Gasteiger partial charge is 0.189 e. The molecule has 0 aromatic heterocycles. The Morgan fingerprint density at radius 2 is 2.31 bits per heavy atom. The summed E-state index contributed by atoms with van der Waals surface area (Å²) >= 11 is 0. The molecule has 0 bridgehead atoms. The van der Waals surface area contributed by atoms with Crippen LogP contribution in [0.2, 0.25) is 0 Å². The molecular weight excluding hydrogens is 171 g/mol. The van der Waals surface area contributed by atoms with Crippen molar-refractivity contribution in [1.82, 2.24) is 0 Å². The van der Waals surface area contributed by atoms with Crippen molar-refractivity contribution in [1.29, 1.82) is 0 Å². The summed E-state index contributed by atoms with van der Waals surface area (Å²) in [6.07, 6.45) is 1.12. The Labute approximate surface area is 75.6 Å². The minimum absolute atomic E-state index is 0.0348. The maximum Gasteiger partial charge on any atom is 0.189 e. The molecule has 1 aromatic carbocycles. The van der Waals surface area contributed by atoms with E-state index in [0.717, 1.165) is 6.08 Å². The lowest BCUT2D eigenvalue weighted by atomic mass is 10.1. The first-order valence-corrected chi connectivity index (χ1v) is 3.70. The first kappa shape index (κ1) is 9.45. The number of hydrogen-bond acceptors (Lipinski definition) is 2. The van der Waals surface area contributed by atoms with Gasteiger partial charge in [0.15, 0.2) is 17.3 Å². The molecule has 0 amide bonds. The van der Waals surface area contributed by atoms with E-state index in [4.69, 9.17) is 4.74 Å². The van der Waals surface area contributed by atoms with Crippen molar-refractivity contribution in [3.8, 4) is 5.75 Å². The number of carbonyl (C=O) groups is 1. The number of hydrogen-bond donors (Lipinski definition) is 0. The van der Waals surface area contributed by atoms with Crippen LogP contribution < -0.4 is 4.74 Å². The normalized spacial score (nSPS) is 9.38. The van der Waals surface area contributed by atoms with E-state index in [2.05, 4.69) is 6.58 Å². The van der Waals surface area contributed by atoms with Crippen LogP contribution in [0.4, 0.5) is 4.39 Å². The number of methoxy groups -OCH3 is 1. The Morgan fingerprint density at radius 1 is 1.62 bits per heavy atom. The van der Waals surface area contributed by atoms with Crippen LogP contribution in [-0.2, 0) is 0 Å². The number of allylic oxidation sites excluding steroid dienone is 1. The van der Waals surface area contributed by atoms with Gasteiger partial charge in [0.1, 0.15) is 0 Å². The van der Waals surface area contributed by atoms with E-state index in [9.17, 15) is 9.18 Å². The Balaban J connectivity index is 3.27. The predicted molar refractivity (Wildman–Crippen MR) is 47.5 cm³/mol. The Bertz CT molecular complexity index is 345. The summed E-state index contributed by atoms with van der Waals surface area (Å²) in [5, 5.41) is 0. The number of para-hydroxylation sites is 1. The summed E-state index contributed by atoms with van der Waals surface area (Å²) in [5.74, 6) is -0.932. The van der Waals surface area contributed by atoms with Gasteiger partial charge >= 0.3 is 0 Å². The molecule has 1 aromatic rings.